The molecule has 0 aromatic rings. The van der Waals surface area contributed by atoms with E-state index in [0.29, 0.717) is 17.1 Å². The van der Waals surface area contributed by atoms with Crippen molar-refractivity contribution in [3.8, 4) is 0 Å². The van der Waals surface area contributed by atoms with E-state index in [9.17, 15) is 4.79 Å². The predicted molar refractivity (Wildman–Crippen MR) is 67.6 cm³/mol. The van der Waals surface area contributed by atoms with Gasteiger partial charge in [0.05, 0.1) is 5.41 Å². The maximum Gasteiger partial charge on any atom is 0.312 e. The van der Waals surface area contributed by atoms with Crippen molar-refractivity contribution >= 4 is 18.6 Å². The van der Waals surface area contributed by atoms with Crippen molar-refractivity contribution in [1.82, 2.24) is 0 Å². The molecule has 0 amide bonds. The SMILES string of the molecule is CC(C)(C)OC(=O)C1(C)CC2CC1CC2S. The van der Waals surface area contributed by atoms with Crippen LogP contribution in [0.2, 0.25) is 0 Å². The largest absolute Gasteiger partial charge is 0.460 e. The fourth-order valence-electron chi connectivity index (χ4n) is 3.20. The highest BCUT2D eigenvalue weighted by Crippen LogP contribution is 2.57. The van der Waals surface area contributed by atoms with Crippen LogP contribution < -0.4 is 0 Å². The van der Waals surface area contributed by atoms with Crippen LogP contribution in [-0.2, 0) is 9.53 Å². The van der Waals surface area contributed by atoms with E-state index in [1.165, 1.54) is 0 Å². The highest BCUT2D eigenvalue weighted by atomic mass is 32.1. The van der Waals surface area contributed by atoms with E-state index in [4.69, 9.17) is 4.74 Å². The van der Waals surface area contributed by atoms with E-state index in [0.717, 1.165) is 19.3 Å². The molecule has 2 nitrogen and oxygen atoms in total. The highest BCUT2D eigenvalue weighted by molar-refractivity contribution is 7.81. The van der Waals surface area contributed by atoms with Crippen molar-refractivity contribution in [2.75, 3.05) is 0 Å². The van der Waals surface area contributed by atoms with Gasteiger partial charge in [-0.1, -0.05) is 0 Å². The van der Waals surface area contributed by atoms with Gasteiger partial charge in [0.2, 0.25) is 0 Å². The number of ether oxygens (including phenoxy) is 1. The van der Waals surface area contributed by atoms with Gasteiger partial charge in [-0.3, -0.25) is 4.79 Å². The average molecular weight is 242 g/mol. The van der Waals surface area contributed by atoms with Crippen LogP contribution in [0.15, 0.2) is 0 Å². The topological polar surface area (TPSA) is 26.3 Å². The smallest absolute Gasteiger partial charge is 0.312 e. The lowest BCUT2D eigenvalue weighted by Gasteiger charge is -2.36. The molecular formula is C13H22O2S. The minimum atomic E-state index is -0.373. The maximum atomic E-state index is 12.2. The number of fused-ring (bicyclic) bond motifs is 2. The third-order valence-corrected chi connectivity index (χ3v) is 4.74. The standard InChI is InChI=1S/C13H22O2S/c1-12(2,3)15-11(14)13(4)7-8-5-9(13)6-10(8)16/h8-10,16H,5-7H2,1-4H3. The number of carbonyl (C=O) groups excluding carboxylic acids is 1. The Hall–Kier alpha value is -0.180. The summed E-state index contributed by atoms with van der Waals surface area (Å²) in [5.41, 5.74) is -0.626. The van der Waals surface area contributed by atoms with Crippen LogP contribution in [0.5, 0.6) is 0 Å². The van der Waals surface area contributed by atoms with Gasteiger partial charge in [0, 0.05) is 5.25 Å². The second-order valence-electron chi connectivity index (χ2n) is 6.62. The Kier molecular flexibility index (Phi) is 2.81. The molecule has 16 heavy (non-hydrogen) atoms. The molecule has 0 saturated heterocycles. The highest BCUT2D eigenvalue weighted by Gasteiger charge is 2.56. The second kappa shape index (κ2) is 3.66. The van der Waals surface area contributed by atoms with Gasteiger partial charge < -0.3 is 4.74 Å². The van der Waals surface area contributed by atoms with Gasteiger partial charge in [0.25, 0.3) is 0 Å². The van der Waals surface area contributed by atoms with Crippen molar-refractivity contribution in [1.29, 1.82) is 0 Å². The van der Waals surface area contributed by atoms with Crippen LogP contribution in [0.25, 0.3) is 0 Å². The predicted octanol–water partition coefficient (Wildman–Crippen LogP) is 3.06. The van der Waals surface area contributed by atoms with E-state index in [1.54, 1.807) is 0 Å². The Morgan fingerprint density at radius 1 is 1.38 bits per heavy atom. The Balaban J connectivity index is 2.08. The van der Waals surface area contributed by atoms with E-state index < -0.39 is 0 Å². The van der Waals surface area contributed by atoms with Crippen molar-refractivity contribution in [3.63, 3.8) is 0 Å². The molecule has 0 radical (unpaired) electrons. The Morgan fingerprint density at radius 3 is 2.38 bits per heavy atom. The molecule has 0 heterocycles. The zero-order chi connectivity index (χ0) is 12.1. The van der Waals surface area contributed by atoms with Crippen LogP contribution >= 0.6 is 12.6 Å². The Labute approximate surface area is 104 Å². The second-order valence-corrected chi connectivity index (χ2v) is 7.28. The van der Waals surface area contributed by atoms with Gasteiger partial charge in [-0.2, -0.15) is 12.6 Å². The third-order valence-electron chi connectivity index (χ3n) is 4.11. The van der Waals surface area contributed by atoms with Gasteiger partial charge in [0.1, 0.15) is 5.60 Å². The lowest BCUT2D eigenvalue weighted by molar-refractivity contribution is -0.169. The number of esters is 1. The molecule has 0 aromatic carbocycles. The van der Waals surface area contributed by atoms with Gasteiger partial charge >= 0.3 is 5.97 Å². The van der Waals surface area contributed by atoms with Crippen LogP contribution in [-0.4, -0.2) is 16.8 Å². The molecular weight excluding hydrogens is 220 g/mol. The zero-order valence-electron chi connectivity index (χ0n) is 10.6. The molecule has 3 heteroatoms. The molecule has 2 aliphatic rings. The maximum absolute atomic E-state index is 12.2. The first-order chi connectivity index (χ1) is 7.22. The van der Waals surface area contributed by atoms with E-state index in [2.05, 4.69) is 19.6 Å². The molecule has 4 unspecified atom stereocenters. The summed E-state index contributed by atoms with van der Waals surface area (Å²) in [4.78, 5) is 12.2. The first-order valence-corrected chi connectivity index (χ1v) is 6.65. The van der Waals surface area contributed by atoms with Crippen LogP contribution in [0, 0.1) is 17.3 Å². The lowest BCUT2D eigenvalue weighted by Crippen LogP contribution is -2.40. The van der Waals surface area contributed by atoms with Gasteiger partial charge in [-0.05, 0) is 58.8 Å². The van der Waals surface area contributed by atoms with E-state index in [1.807, 2.05) is 20.8 Å². The lowest BCUT2D eigenvalue weighted by atomic mass is 9.74. The quantitative estimate of drug-likeness (QED) is 0.565. The summed E-state index contributed by atoms with van der Waals surface area (Å²) in [5, 5.41) is 0.500. The van der Waals surface area contributed by atoms with Gasteiger partial charge in [-0.15, -0.1) is 0 Å². The van der Waals surface area contributed by atoms with Gasteiger partial charge in [0.15, 0.2) is 0 Å². The summed E-state index contributed by atoms with van der Waals surface area (Å²) in [6.45, 7) is 7.88. The zero-order valence-corrected chi connectivity index (χ0v) is 11.5. The number of carbonyl (C=O) groups is 1. The average Bonchev–Trinajstić information content (AvgIpc) is 2.58. The minimum Gasteiger partial charge on any atom is -0.460 e. The molecule has 0 spiro atoms. The Morgan fingerprint density at radius 2 is 2.00 bits per heavy atom. The number of thiol groups is 1. The molecule has 2 saturated carbocycles. The molecule has 2 rings (SSSR count). The molecule has 0 aliphatic heterocycles. The van der Waals surface area contributed by atoms with E-state index in [-0.39, 0.29) is 17.0 Å². The monoisotopic (exact) mass is 242 g/mol. The fourth-order valence-corrected chi connectivity index (χ4v) is 3.68. The van der Waals surface area contributed by atoms with Crippen molar-refractivity contribution in [2.24, 2.45) is 17.3 Å². The third kappa shape index (κ3) is 1.99. The summed E-state index contributed by atoms with van der Waals surface area (Å²) in [6.07, 6.45) is 3.19. The molecule has 2 bridgehead atoms. The normalized spacial score (nSPS) is 42.4. The summed E-state index contributed by atoms with van der Waals surface area (Å²) in [6, 6.07) is 0. The number of hydrogen-bond donors (Lipinski definition) is 1. The van der Waals surface area contributed by atoms with Crippen molar-refractivity contribution in [2.45, 2.75) is 57.8 Å². The van der Waals surface area contributed by atoms with Crippen molar-refractivity contribution < 1.29 is 9.53 Å². The molecule has 0 aromatic heterocycles. The minimum absolute atomic E-state index is 0.00673. The first-order valence-electron chi connectivity index (χ1n) is 6.14. The molecule has 2 fully saturated rings. The Bertz CT molecular complexity index is 306. The van der Waals surface area contributed by atoms with E-state index >= 15 is 0 Å². The molecule has 0 N–H and O–H groups in total. The van der Waals surface area contributed by atoms with Gasteiger partial charge in [-0.25, -0.2) is 0 Å². The van der Waals surface area contributed by atoms with Crippen molar-refractivity contribution in [3.05, 3.63) is 0 Å². The molecule has 2 aliphatic carbocycles. The fraction of sp³-hybridized carbons (Fsp3) is 0.923. The number of rotatable bonds is 1. The first kappa shape index (κ1) is 12.3. The van der Waals surface area contributed by atoms with Crippen LogP contribution in [0.3, 0.4) is 0 Å². The molecule has 4 atom stereocenters. The molecule has 92 valence electrons. The van der Waals surface area contributed by atoms with Crippen LogP contribution in [0.4, 0.5) is 0 Å². The summed E-state index contributed by atoms with van der Waals surface area (Å²) in [7, 11) is 0. The number of hydrogen-bond acceptors (Lipinski definition) is 3. The summed E-state index contributed by atoms with van der Waals surface area (Å²) < 4.78 is 5.55. The van der Waals surface area contributed by atoms with Crippen LogP contribution in [0.1, 0.15) is 47.0 Å². The summed E-state index contributed by atoms with van der Waals surface area (Å²) in [5.74, 6) is 1.09. The summed E-state index contributed by atoms with van der Waals surface area (Å²) >= 11 is 4.58.